The minimum atomic E-state index is 0.170. The van der Waals surface area contributed by atoms with Crippen molar-refractivity contribution in [2.75, 3.05) is 0 Å². The number of alkyl halides is 1. The lowest BCUT2D eigenvalue weighted by Gasteiger charge is -2.04. The van der Waals surface area contributed by atoms with Crippen LogP contribution in [0, 0.1) is 6.92 Å². The SMILES string of the molecule is Cc1cccnc1CC(C)Cl. The van der Waals surface area contributed by atoms with E-state index in [9.17, 15) is 0 Å². The second-order valence-electron chi connectivity index (χ2n) is 2.75. The highest BCUT2D eigenvalue weighted by atomic mass is 35.5. The maximum absolute atomic E-state index is 5.84. The molecule has 60 valence electrons. The molecule has 0 aliphatic rings. The molecule has 2 heteroatoms. The van der Waals surface area contributed by atoms with Crippen LogP contribution < -0.4 is 0 Å². The van der Waals surface area contributed by atoms with Gasteiger partial charge < -0.3 is 0 Å². The van der Waals surface area contributed by atoms with E-state index < -0.39 is 0 Å². The number of nitrogens with zero attached hydrogens (tertiary/aromatic N) is 1. The Hall–Kier alpha value is -0.560. The maximum atomic E-state index is 5.84. The van der Waals surface area contributed by atoms with Gasteiger partial charge in [0.15, 0.2) is 0 Å². The summed E-state index contributed by atoms with van der Waals surface area (Å²) in [7, 11) is 0. The van der Waals surface area contributed by atoms with E-state index >= 15 is 0 Å². The van der Waals surface area contributed by atoms with Gasteiger partial charge in [-0.3, -0.25) is 4.98 Å². The number of halogens is 1. The van der Waals surface area contributed by atoms with Crippen LogP contribution >= 0.6 is 11.6 Å². The smallest absolute Gasteiger partial charge is 0.0447 e. The summed E-state index contributed by atoms with van der Waals surface area (Å²) in [5.74, 6) is 0. The molecule has 0 fully saturated rings. The quantitative estimate of drug-likeness (QED) is 0.621. The van der Waals surface area contributed by atoms with Crippen molar-refractivity contribution in [2.24, 2.45) is 0 Å². The topological polar surface area (TPSA) is 12.9 Å². The van der Waals surface area contributed by atoms with Crippen LogP contribution in [0.4, 0.5) is 0 Å². The highest BCUT2D eigenvalue weighted by Gasteiger charge is 2.02. The van der Waals surface area contributed by atoms with Gasteiger partial charge in [0.1, 0.15) is 0 Å². The van der Waals surface area contributed by atoms with Crippen LogP contribution in [0.3, 0.4) is 0 Å². The van der Waals surface area contributed by atoms with Crippen molar-refractivity contribution in [3.05, 3.63) is 29.6 Å². The third-order valence-corrected chi connectivity index (χ3v) is 1.75. The van der Waals surface area contributed by atoms with Gasteiger partial charge in [-0.15, -0.1) is 11.6 Å². The average molecular weight is 170 g/mol. The predicted octanol–water partition coefficient (Wildman–Crippen LogP) is 2.56. The molecule has 0 aliphatic heterocycles. The van der Waals surface area contributed by atoms with Gasteiger partial charge >= 0.3 is 0 Å². The molecule has 0 N–H and O–H groups in total. The molecule has 0 amide bonds. The van der Waals surface area contributed by atoms with Crippen molar-refractivity contribution in [2.45, 2.75) is 25.6 Å². The van der Waals surface area contributed by atoms with Crippen LogP contribution in [0.5, 0.6) is 0 Å². The number of hydrogen-bond donors (Lipinski definition) is 0. The second kappa shape index (κ2) is 3.72. The van der Waals surface area contributed by atoms with Crippen molar-refractivity contribution in [1.29, 1.82) is 0 Å². The lowest BCUT2D eigenvalue weighted by molar-refractivity contribution is 0.879. The summed E-state index contributed by atoms with van der Waals surface area (Å²) in [4.78, 5) is 4.23. The van der Waals surface area contributed by atoms with E-state index in [0.717, 1.165) is 12.1 Å². The van der Waals surface area contributed by atoms with Crippen LogP contribution in [0.1, 0.15) is 18.2 Å². The molecule has 0 saturated carbocycles. The summed E-state index contributed by atoms with van der Waals surface area (Å²) in [5.41, 5.74) is 2.33. The third-order valence-electron chi connectivity index (χ3n) is 1.59. The van der Waals surface area contributed by atoms with Crippen molar-refractivity contribution >= 4 is 11.6 Å². The number of aryl methyl sites for hydroxylation is 1. The summed E-state index contributed by atoms with van der Waals surface area (Å²) in [6, 6.07) is 4.00. The van der Waals surface area contributed by atoms with Crippen molar-refractivity contribution in [1.82, 2.24) is 4.98 Å². The number of hydrogen-bond acceptors (Lipinski definition) is 1. The third kappa shape index (κ3) is 2.51. The molecule has 0 saturated heterocycles. The molecule has 0 aliphatic carbocycles. The first kappa shape index (κ1) is 8.54. The van der Waals surface area contributed by atoms with Gasteiger partial charge in [0.05, 0.1) is 0 Å². The first-order chi connectivity index (χ1) is 5.20. The fourth-order valence-corrected chi connectivity index (χ4v) is 1.14. The van der Waals surface area contributed by atoms with Crippen LogP contribution in [-0.2, 0) is 6.42 Å². The van der Waals surface area contributed by atoms with Gasteiger partial charge in [-0.2, -0.15) is 0 Å². The monoisotopic (exact) mass is 169 g/mol. The van der Waals surface area contributed by atoms with E-state index in [1.54, 1.807) is 0 Å². The molecule has 1 rings (SSSR count). The number of pyridine rings is 1. The molecular weight excluding hydrogens is 158 g/mol. The maximum Gasteiger partial charge on any atom is 0.0447 e. The standard InChI is InChI=1S/C9H12ClN/c1-7-4-3-5-11-9(7)6-8(2)10/h3-5,8H,6H2,1-2H3. The van der Waals surface area contributed by atoms with Gasteiger partial charge in [0, 0.05) is 23.7 Å². The lowest BCUT2D eigenvalue weighted by Crippen LogP contribution is -2.01. The van der Waals surface area contributed by atoms with Gasteiger partial charge in [-0.05, 0) is 25.5 Å². The molecule has 1 aromatic heterocycles. The Bertz CT molecular complexity index is 233. The normalized spacial score (nSPS) is 13.0. The van der Waals surface area contributed by atoms with Gasteiger partial charge in [0.25, 0.3) is 0 Å². The molecule has 1 nitrogen and oxygen atoms in total. The molecule has 0 radical (unpaired) electrons. The van der Waals surface area contributed by atoms with Gasteiger partial charge in [0.2, 0.25) is 0 Å². The lowest BCUT2D eigenvalue weighted by atomic mass is 10.1. The van der Waals surface area contributed by atoms with Crippen LogP contribution in [0.15, 0.2) is 18.3 Å². The fourth-order valence-electron chi connectivity index (χ4n) is 0.999. The van der Waals surface area contributed by atoms with E-state index in [4.69, 9.17) is 11.6 Å². The molecule has 1 aromatic rings. The zero-order valence-electron chi connectivity index (χ0n) is 6.84. The highest BCUT2D eigenvalue weighted by molar-refractivity contribution is 6.20. The summed E-state index contributed by atoms with van der Waals surface area (Å²) in [6.07, 6.45) is 2.66. The Morgan fingerprint density at radius 3 is 2.91 bits per heavy atom. The molecule has 1 atom stereocenters. The van der Waals surface area contributed by atoms with Gasteiger partial charge in [-0.25, -0.2) is 0 Å². The summed E-state index contributed by atoms with van der Waals surface area (Å²) >= 11 is 5.84. The Kier molecular flexibility index (Phi) is 2.89. The minimum absolute atomic E-state index is 0.170. The minimum Gasteiger partial charge on any atom is -0.261 e. The largest absolute Gasteiger partial charge is 0.261 e. The van der Waals surface area contributed by atoms with Crippen molar-refractivity contribution in [3.63, 3.8) is 0 Å². The number of aromatic nitrogens is 1. The zero-order chi connectivity index (χ0) is 8.27. The molecule has 11 heavy (non-hydrogen) atoms. The Morgan fingerprint density at radius 2 is 2.36 bits per heavy atom. The van der Waals surface area contributed by atoms with E-state index in [0.29, 0.717) is 0 Å². The molecule has 0 bridgehead atoms. The molecule has 0 spiro atoms. The van der Waals surface area contributed by atoms with E-state index in [2.05, 4.69) is 18.0 Å². The summed E-state index contributed by atoms with van der Waals surface area (Å²) in [6.45, 7) is 4.04. The van der Waals surface area contributed by atoms with Gasteiger partial charge in [-0.1, -0.05) is 6.07 Å². The first-order valence-corrected chi connectivity index (χ1v) is 4.18. The Morgan fingerprint density at radius 1 is 1.64 bits per heavy atom. The molecular formula is C9H12ClN. The Balaban J connectivity index is 2.78. The second-order valence-corrected chi connectivity index (χ2v) is 3.50. The summed E-state index contributed by atoms with van der Waals surface area (Å²) in [5, 5.41) is 0.170. The van der Waals surface area contributed by atoms with Crippen LogP contribution in [-0.4, -0.2) is 10.4 Å². The van der Waals surface area contributed by atoms with E-state index in [1.807, 2.05) is 19.2 Å². The number of rotatable bonds is 2. The first-order valence-electron chi connectivity index (χ1n) is 3.74. The molecule has 1 unspecified atom stereocenters. The van der Waals surface area contributed by atoms with Crippen molar-refractivity contribution in [3.8, 4) is 0 Å². The molecule has 1 heterocycles. The molecule has 0 aromatic carbocycles. The van der Waals surface area contributed by atoms with Crippen LogP contribution in [0.25, 0.3) is 0 Å². The zero-order valence-corrected chi connectivity index (χ0v) is 7.60. The average Bonchev–Trinajstić information content (AvgIpc) is 1.93. The Labute approximate surface area is 72.4 Å². The predicted molar refractivity (Wildman–Crippen MR) is 48.0 cm³/mol. The van der Waals surface area contributed by atoms with Crippen molar-refractivity contribution < 1.29 is 0 Å². The summed E-state index contributed by atoms with van der Waals surface area (Å²) < 4.78 is 0. The van der Waals surface area contributed by atoms with E-state index in [-0.39, 0.29) is 5.38 Å². The fraction of sp³-hybridized carbons (Fsp3) is 0.444. The van der Waals surface area contributed by atoms with Crippen LogP contribution in [0.2, 0.25) is 0 Å². The van der Waals surface area contributed by atoms with E-state index in [1.165, 1.54) is 5.56 Å². The highest BCUT2D eigenvalue weighted by Crippen LogP contribution is 2.08.